The van der Waals surface area contributed by atoms with Crippen LogP contribution in [0.5, 0.6) is 0 Å². The lowest BCUT2D eigenvalue weighted by Crippen LogP contribution is -2.51. The molecule has 0 aromatic rings. The molecule has 19 heavy (non-hydrogen) atoms. The third kappa shape index (κ3) is 2.70. The molecule has 2 amide bonds. The van der Waals surface area contributed by atoms with Crippen LogP contribution in [0, 0.1) is 17.8 Å². The summed E-state index contributed by atoms with van der Waals surface area (Å²) in [5.74, 6) is -2.13. The van der Waals surface area contributed by atoms with Crippen LogP contribution in [0.1, 0.15) is 25.7 Å². The van der Waals surface area contributed by atoms with E-state index in [1.807, 2.05) is 0 Å². The second kappa shape index (κ2) is 5.16. The maximum absolute atomic E-state index is 12.1. The lowest BCUT2D eigenvalue weighted by Gasteiger charge is -2.28. The van der Waals surface area contributed by atoms with E-state index in [0.29, 0.717) is 5.92 Å². The highest BCUT2D eigenvalue weighted by Crippen LogP contribution is 2.47. The van der Waals surface area contributed by atoms with E-state index in [1.165, 1.54) is 0 Å². The molecule has 0 aliphatic heterocycles. The van der Waals surface area contributed by atoms with Gasteiger partial charge in [0.1, 0.15) is 6.04 Å². The molecule has 7 nitrogen and oxygen atoms in total. The van der Waals surface area contributed by atoms with E-state index in [-0.39, 0.29) is 23.8 Å². The van der Waals surface area contributed by atoms with Crippen LogP contribution in [0.2, 0.25) is 0 Å². The summed E-state index contributed by atoms with van der Waals surface area (Å²) in [6, 6.07) is -1.47. The number of aliphatic carboxylic acids is 1. The quantitative estimate of drug-likeness (QED) is 0.497. The van der Waals surface area contributed by atoms with Gasteiger partial charge in [0.2, 0.25) is 11.8 Å². The molecule has 2 saturated carbocycles. The van der Waals surface area contributed by atoms with Crippen molar-refractivity contribution >= 4 is 17.8 Å². The van der Waals surface area contributed by atoms with Gasteiger partial charge in [0.25, 0.3) is 0 Å². The molecule has 6 N–H and O–H groups in total. The van der Waals surface area contributed by atoms with Crippen molar-refractivity contribution in [3.63, 3.8) is 0 Å². The number of hydrogen-bond donors (Lipinski definition) is 4. The van der Waals surface area contributed by atoms with E-state index >= 15 is 0 Å². The van der Waals surface area contributed by atoms with Crippen molar-refractivity contribution in [1.82, 2.24) is 5.32 Å². The van der Waals surface area contributed by atoms with Crippen molar-refractivity contribution in [2.45, 2.75) is 37.8 Å². The Hall–Kier alpha value is -1.63. The second-order valence-electron chi connectivity index (χ2n) is 5.51. The van der Waals surface area contributed by atoms with Crippen LogP contribution in [0.4, 0.5) is 0 Å². The van der Waals surface area contributed by atoms with Gasteiger partial charge in [-0.25, -0.2) is 4.79 Å². The topological polar surface area (TPSA) is 136 Å². The number of carboxylic acids is 1. The number of nitrogens with one attached hydrogen (secondary N) is 1. The van der Waals surface area contributed by atoms with Gasteiger partial charge in [-0.2, -0.15) is 0 Å². The van der Waals surface area contributed by atoms with E-state index in [1.54, 1.807) is 0 Å². The number of rotatable bonds is 5. The molecule has 7 heteroatoms. The zero-order valence-electron chi connectivity index (χ0n) is 10.5. The molecule has 2 rings (SSSR count). The van der Waals surface area contributed by atoms with E-state index in [4.69, 9.17) is 16.6 Å². The molecule has 5 atom stereocenters. The van der Waals surface area contributed by atoms with Gasteiger partial charge in [0.05, 0.1) is 12.3 Å². The van der Waals surface area contributed by atoms with E-state index in [9.17, 15) is 14.4 Å². The third-order valence-electron chi connectivity index (χ3n) is 4.30. The van der Waals surface area contributed by atoms with E-state index in [2.05, 4.69) is 5.32 Å². The Balaban J connectivity index is 1.99. The smallest absolute Gasteiger partial charge is 0.326 e. The predicted molar refractivity (Wildman–Crippen MR) is 65.7 cm³/mol. The van der Waals surface area contributed by atoms with Gasteiger partial charge in [0.15, 0.2) is 0 Å². The number of fused-ring (bicyclic) bond motifs is 2. The van der Waals surface area contributed by atoms with Crippen molar-refractivity contribution in [2.24, 2.45) is 29.2 Å². The third-order valence-corrected chi connectivity index (χ3v) is 4.30. The number of primary amides is 1. The van der Waals surface area contributed by atoms with Crippen molar-refractivity contribution in [3.05, 3.63) is 0 Å². The highest BCUT2D eigenvalue weighted by atomic mass is 16.4. The molecule has 0 aromatic carbocycles. The Bertz CT molecular complexity index is 410. The predicted octanol–water partition coefficient (Wildman–Crippen LogP) is -1.20. The van der Waals surface area contributed by atoms with Crippen LogP contribution >= 0.6 is 0 Å². The molecule has 5 unspecified atom stereocenters. The monoisotopic (exact) mass is 269 g/mol. The van der Waals surface area contributed by atoms with Crippen LogP contribution in [-0.4, -0.2) is 35.0 Å². The van der Waals surface area contributed by atoms with Crippen LogP contribution in [0.25, 0.3) is 0 Å². The first kappa shape index (κ1) is 13.8. The molecule has 0 aromatic heterocycles. The second-order valence-corrected chi connectivity index (χ2v) is 5.51. The molecule has 2 bridgehead atoms. The van der Waals surface area contributed by atoms with Gasteiger partial charge in [-0.15, -0.1) is 0 Å². The minimum absolute atomic E-state index is 0.207. The standard InChI is InChI=1S/C12H19N3O4/c13-8(16)4-7(12(18)19)15-11(17)9-5-1-2-6(3-5)10(9)14/h5-7,9-10H,1-4,14H2,(H2,13,16)(H,15,17)(H,18,19). The number of carboxylic acid groups (broad SMARTS) is 1. The average molecular weight is 269 g/mol. The summed E-state index contributed by atoms with van der Waals surface area (Å²) in [4.78, 5) is 33.9. The van der Waals surface area contributed by atoms with Gasteiger partial charge in [0, 0.05) is 6.04 Å². The molecule has 2 aliphatic rings. The molecule has 0 heterocycles. The minimum Gasteiger partial charge on any atom is -0.480 e. The maximum Gasteiger partial charge on any atom is 0.326 e. The Morgan fingerprint density at radius 2 is 1.89 bits per heavy atom. The Morgan fingerprint density at radius 3 is 2.37 bits per heavy atom. The zero-order valence-corrected chi connectivity index (χ0v) is 10.5. The van der Waals surface area contributed by atoms with Crippen LogP contribution in [0.15, 0.2) is 0 Å². The average Bonchev–Trinajstić information content (AvgIpc) is 2.87. The van der Waals surface area contributed by atoms with Crippen molar-refractivity contribution in [2.75, 3.05) is 0 Å². The first-order chi connectivity index (χ1) is 8.90. The number of amides is 2. The largest absolute Gasteiger partial charge is 0.480 e. The molecular formula is C12H19N3O4. The highest BCUT2D eigenvalue weighted by Gasteiger charge is 2.49. The van der Waals surface area contributed by atoms with Gasteiger partial charge < -0.3 is 21.9 Å². The molecule has 0 radical (unpaired) electrons. The Kier molecular flexibility index (Phi) is 3.75. The molecular weight excluding hydrogens is 250 g/mol. The van der Waals surface area contributed by atoms with Gasteiger partial charge in [-0.1, -0.05) is 0 Å². The highest BCUT2D eigenvalue weighted by molar-refractivity contribution is 5.89. The summed E-state index contributed by atoms with van der Waals surface area (Å²) >= 11 is 0. The first-order valence-corrected chi connectivity index (χ1v) is 6.47. The summed E-state index contributed by atoms with van der Waals surface area (Å²) in [6.07, 6.45) is 2.53. The summed E-state index contributed by atoms with van der Waals surface area (Å²) in [7, 11) is 0. The van der Waals surface area contributed by atoms with Crippen LogP contribution < -0.4 is 16.8 Å². The van der Waals surface area contributed by atoms with Crippen molar-refractivity contribution in [1.29, 1.82) is 0 Å². The molecule has 2 aliphatic carbocycles. The summed E-state index contributed by atoms with van der Waals surface area (Å²) in [5, 5.41) is 11.3. The fourth-order valence-corrected chi connectivity index (χ4v) is 3.39. The van der Waals surface area contributed by atoms with Crippen LogP contribution in [-0.2, 0) is 14.4 Å². The zero-order chi connectivity index (χ0) is 14.2. The normalized spacial score (nSPS) is 33.9. The van der Waals surface area contributed by atoms with Crippen molar-refractivity contribution in [3.8, 4) is 0 Å². The fourth-order valence-electron chi connectivity index (χ4n) is 3.39. The lowest BCUT2D eigenvalue weighted by molar-refractivity contribution is -0.144. The van der Waals surface area contributed by atoms with E-state index in [0.717, 1.165) is 19.3 Å². The van der Waals surface area contributed by atoms with Crippen molar-refractivity contribution < 1.29 is 19.5 Å². The van der Waals surface area contributed by atoms with Crippen LogP contribution in [0.3, 0.4) is 0 Å². The number of carbonyl (C=O) groups excluding carboxylic acids is 2. The lowest BCUT2D eigenvalue weighted by atomic mass is 9.84. The SMILES string of the molecule is NC(=O)CC(NC(=O)C1C2CCC(C2)C1N)C(=O)O. The molecule has 0 saturated heterocycles. The van der Waals surface area contributed by atoms with Gasteiger partial charge >= 0.3 is 5.97 Å². The number of carbonyl (C=O) groups is 3. The van der Waals surface area contributed by atoms with Gasteiger partial charge in [-0.05, 0) is 31.1 Å². The fraction of sp³-hybridized carbons (Fsp3) is 0.750. The minimum atomic E-state index is -1.27. The van der Waals surface area contributed by atoms with E-state index < -0.39 is 24.3 Å². The molecule has 106 valence electrons. The summed E-state index contributed by atoms with van der Waals surface area (Å²) in [5.41, 5.74) is 11.0. The summed E-state index contributed by atoms with van der Waals surface area (Å²) in [6.45, 7) is 0. The number of hydrogen-bond acceptors (Lipinski definition) is 4. The molecule has 2 fully saturated rings. The molecule has 0 spiro atoms. The summed E-state index contributed by atoms with van der Waals surface area (Å²) < 4.78 is 0. The Labute approximate surface area is 110 Å². The first-order valence-electron chi connectivity index (χ1n) is 6.47. The number of nitrogens with two attached hydrogens (primary N) is 2. The maximum atomic E-state index is 12.1. The van der Waals surface area contributed by atoms with Gasteiger partial charge in [-0.3, -0.25) is 9.59 Å². The Morgan fingerprint density at radius 1 is 1.26 bits per heavy atom.